The van der Waals surface area contributed by atoms with Crippen molar-refractivity contribution in [1.29, 1.82) is 0 Å². The molecule has 0 saturated heterocycles. The molecule has 0 radical (unpaired) electrons. The second-order valence-electron chi connectivity index (χ2n) is 3.33. The van der Waals surface area contributed by atoms with Gasteiger partial charge in [0, 0.05) is 27.2 Å². The number of carbonyl (C=O) groups is 2. The number of Topliss-reactive ketones (excluding diaryl/α,β-unsaturated/α-hetero) is 1. The fraction of sp³-hybridized carbons (Fsp3) is 0.500. The van der Waals surface area contributed by atoms with Gasteiger partial charge in [-0.1, -0.05) is 11.3 Å². The molecule has 6 nitrogen and oxygen atoms in total. The standard InChI is InChI=1S/C10H14N2O4S/c1-6(13)8-7(9(14)15)12-10(17-8)11-4-3-5-16-2/h3-5H2,1-2H3,(H,11,12)(H,14,15). The summed E-state index contributed by atoms with van der Waals surface area (Å²) in [4.78, 5) is 26.1. The number of anilines is 1. The molecular weight excluding hydrogens is 244 g/mol. The molecule has 1 aromatic rings. The quantitative estimate of drug-likeness (QED) is 0.569. The topological polar surface area (TPSA) is 88.5 Å². The van der Waals surface area contributed by atoms with E-state index in [4.69, 9.17) is 9.84 Å². The minimum Gasteiger partial charge on any atom is -0.476 e. The SMILES string of the molecule is COCCCNc1nc(C(=O)O)c(C(C)=O)s1. The molecule has 0 bridgehead atoms. The van der Waals surface area contributed by atoms with Crippen LogP contribution in [0.3, 0.4) is 0 Å². The predicted octanol–water partition coefficient (Wildman–Crippen LogP) is 1.49. The number of hydrogen-bond donors (Lipinski definition) is 2. The number of carbonyl (C=O) groups excluding carboxylic acids is 1. The highest BCUT2D eigenvalue weighted by atomic mass is 32.1. The fourth-order valence-corrected chi connectivity index (χ4v) is 2.07. The molecule has 0 aliphatic carbocycles. The van der Waals surface area contributed by atoms with Crippen LogP contribution in [0.4, 0.5) is 5.13 Å². The summed E-state index contributed by atoms with van der Waals surface area (Å²) < 4.78 is 4.88. The fourth-order valence-electron chi connectivity index (χ4n) is 1.19. The number of rotatable bonds is 7. The third-order valence-electron chi connectivity index (χ3n) is 1.95. The lowest BCUT2D eigenvalue weighted by Gasteiger charge is -2.00. The number of ketones is 1. The van der Waals surface area contributed by atoms with Gasteiger partial charge < -0.3 is 15.2 Å². The zero-order valence-electron chi connectivity index (χ0n) is 9.65. The minimum absolute atomic E-state index is 0.173. The van der Waals surface area contributed by atoms with Crippen molar-refractivity contribution in [3.63, 3.8) is 0 Å². The van der Waals surface area contributed by atoms with Crippen molar-refractivity contribution >= 4 is 28.2 Å². The molecule has 1 rings (SSSR count). The number of carboxylic acids is 1. The van der Waals surface area contributed by atoms with E-state index in [0.717, 1.165) is 17.8 Å². The molecule has 0 atom stereocenters. The highest BCUT2D eigenvalue weighted by Crippen LogP contribution is 2.23. The van der Waals surface area contributed by atoms with Crippen LogP contribution in [0.2, 0.25) is 0 Å². The van der Waals surface area contributed by atoms with E-state index in [0.29, 0.717) is 18.3 Å². The monoisotopic (exact) mass is 258 g/mol. The van der Waals surface area contributed by atoms with Gasteiger partial charge in [-0.25, -0.2) is 9.78 Å². The van der Waals surface area contributed by atoms with E-state index in [-0.39, 0.29) is 16.4 Å². The molecular formula is C10H14N2O4S. The largest absolute Gasteiger partial charge is 0.476 e. The summed E-state index contributed by atoms with van der Waals surface area (Å²) in [7, 11) is 1.61. The smallest absolute Gasteiger partial charge is 0.356 e. The lowest BCUT2D eigenvalue weighted by molar-refractivity contribution is 0.0687. The summed E-state index contributed by atoms with van der Waals surface area (Å²) in [6.07, 6.45) is 0.786. The van der Waals surface area contributed by atoms with E-state index >= 15 is 0 Å². The summed E-state index contributed by atoms with van der Waals surface area (Å²) in [5.74, 6) is -1.47. The summed E-state index contributed by atoms with van der Waals surface area (Å²) >= 11 is 1.06. The van der Waals surface area contributed by atoms with Crippen LogP contribution in [0.15, 0.2) is 0 Å². The van der Waals surface area contributed by atoms with E-state index in [1.54, 1.807) is 7.11 Å². The number of aromatic nitrogens is 1. The second kappa shape index (κ2) is 6.31. The number of nitrogens with zero attached hydrogens (tertiary/aromatic N) is 1. The van der Waals surface area contributed by atoms with Gasteiger partial charge in [0.2, 0.25) is 0 Å². The lowest BCUT2D eigenvalue weighted by atomic mass is 10.3. The van der Waals surface area contributed by atoms with Crippen LogP contribution in [0, 0.1) is 0 Å². The number of methoxy groups -OCH3 is 1. The third-order valence-corrected chi connectivity index (χ3v) is 3.06. The van der Waals surface area contributed by atoms with Gasteiger partial charge in [-0.05, 0) is 6.42 Å². The zero-order chi connectivity index (χ0) is 12.8. The Morgan fingerprint density at radius 3 is 2.71 bits per heavy atom. The molecule has 0 aliphatic heterocycles. The maximum absolute atomic E-state index is 11.2. The highest BCUT2D eigenvalue weighted by molar-refractivity contribution is 7.17. The Labute approximate surface area is 103 Å². The molecule has 94 valence electrons. The molecule has 1 heterocycles. The van der Waals surface area contributed by atoms with E-state index in [1.165, 1.54) is 6.92 Å². The average molecular weight is 258 g/mol. The first-order chi connectivity index (χ1) is 8.06. The molecule has 7 heteroatoms. The van der Waals surface area contributed by atoms with Crippen molar-refractivity contribution in [2.24, 2.45) is 0 Å². The Bertz CT molecular complexity index is 385. The zero-order valence-corrected chi connectivity index (χ0v) is 10.5. The lowest BCUT2D eigenvalue weighted by Crippen LogP contribution is -2.06. The summed E-state index contributed by atoms with van der Waals surface area (Å²) in [6, 6.07) is 0. The van der Waals surface area contributed by atoms with Gasteiger partial charge in [0.15, 0.2) is 16.6 Å². The predicted molar refractivity (Wildman–Crippen MR) is 64.1 cm³/mol. The van der Waals surface area contributed by atoms with E-state index in [9.17, 15) is 9.59 Å². The van der Waals surface area contributed by atoms with Crippen LogP contribution in [0.25, 0.3) is 0 Å². The first kappa shape index (κ1) is 13.6. The number of nitrogens with one attached hydrogen (secondary N) is 1. The number of hydrogen-bond acceptors (Lipinski definition) is 6. The Kier molecular flexibility index (Phi) is 5.05. The molecule has 1 aromatic heterocycles. The van der Waals surface area contributed by atoms with Crippen molar-refractivity contribution in [3.05, 3.63) is 10.6 Å². The average Bonchev–Trinajstić information content (AvgIpc) is 2.69. The Hall–Kier alpha value is -1.47. The number of aromatic carboxylic acids is 1. The van der Waals surface area contributed by atoms with Gasteiger partial charge in [-0.3, -0.25) is 4.79 Å². The van der Waals surface area contributed by atoms with Gasteiger partial charge in [-0.15, -0.1) is 0 Å². The molecule has 0 aromatic carbocycles. The highest BCUT2D eigenvalue weighted by Gasteiger charge is 2.20. The third kappa shape index (κ3) is 3.79. The Balaban J connectivity index is 2.71. The van der Waals surface area contributed by atoms with E-state index < -0.39 is 5.97 Å². The maximum atomic E-state index is 11.2. The van der Waals surface area contributed by atoms with Crippen molar-refractivity contribution in [2.45, 2.75) is 13.3 Å². The van der Waals surface area contributed by atoms with Gasteiger partial charge >= 0.3 is 5.97 Å². The number of thiazole rings is 1. The maximum Gasteiger partial charge on any atom is 0.356 e. The molecule has 0 spiro atoms. The van der Waals surface area contributed by atoms with Crippen LogP contribution < -0.4 is 5.32 Å². The van der Waals surface area contributed by atoms with Crippen molar-refractivity contribution in [1.82, 2.24) is 4.98 Å². The normalized spacial score (nSPS) is 10.2. The van der Waals surface area contributed by atoms with Gasteiger partial charge in [0.05, 0.1) is 0 Å². The molecule has 2 N–H and O–H groups in total. The molecule has 0 aliphatic rings. The Morgan fingerprint density at radius 1 is 1.53 bits per heavy atom. The molecule has 0 fully saturated rings. The van der Waals surface area contributed by atoms with Crippen LogP contribution in [0.1, 0.15) is 33.5 Å². The molecule has 0 unspecified atom stereocenters. The molecule has 0 saturated carbocycles. The summed E-state index contributed by atoms with van der Waals surface area (Å²) in [5, 5.41) is 12.3. The van der Waals surface area contributed by atoms with Gasteiger partial charge in [-0.2, -0.15) is 0 Å². The van der Waals surface area contributed by atoms with Crippen LogP contribution in [0.5, 0.6) is 0 Å². The number of carboxylic acid groups (broad SMARTS) is 1. The number of ether oxygens (including phenoxy) is 1. The molecule has 17 heavy (non-hydrogen) atoms. The van der Waals surface area contributed by atoms with Crippen LogP contribution >= 0.6 is 11.3 Å². The van der Waals surface area contributed by atoms with E-state index in [1.807, 2.05) is 0 Å². The Morgan fingerprint density at radius 2 is 2.24 bits per heavy atom. The van der Waals surface area contributed by atoms with Gasteiger partial charge in [0.25, 0.3) is 0 Å². The second-order valence-corrected chi connectivity index (χ2v) is 4.33. The summed E-state index contributed by atoms with van der Waals surface area (Å²) in [6.45, 7) is 2.57. The van der Waals surface area contributed by atoms with Crippen molar-refractivity contribution in [2.75, 3.05) is 25.6 Å². The van der Waals surface area contributed by atoms with Crippen molar-refractivity contribution in [3.8, 4) is 0 Å². The van der Waals surface area contributed by atoms with Crippen LogP contribution in [-0.4, -0.2) is 42.1 Å². The van der Waals surface area contributed by atoms with Crippen molar-refractivity contribution < 1.29 is 19.4 Å². The molecule has 0 amide bonds. The first-order valence-electron chi connectivity index (χ1n) is 5.04. The summed E-state index contributed by atoms with van der Waals surface area (Å²) in [5.41, 5.74) is -0.184. The van der Waals surface area contributed by atoms with E-state index in [2.05, 4.69) is 10.3 Å². The first-order valence-corrected chi connectivity index (χ1v) is 5.85. The van der Waals surface area contributed by atoms with Crippen LogP contribution in [-0.2, 0) is 4.74 Å². The van der Waals surface area contributed by atoms with Gasteiger partial charge in [0.1, 0.15) is 4.88 Å². The minimum atomic E-state index is -1.18.